The molecule has 0 aliphatic carbocycles. The van der Waals surface area contributed by atoms with Gasteiger partial charge < -0.3 is 9.47 Å². The van der Waals surface area contributed by atoms with Crippen LogP contribution < -0.4 is 9.47 Å². The van der Waals surface area contributed by atoms with E-state index >= 15 is 0 Å². The first-order chi connectivity index (χ1) is 13.0. The fraction of sp³-hybridized carbons (Fsp3) is 0.333. The van der Waals surface area contributed by atoms with Crippen LogP contribution in [0.25, 0.3) is 27.1 Å². The second kappa shape index (κ2) is 6.66. The van der Waals surface area contributed by atoms with Crippen molar-refractivity contribution in [2.45, 2.75) is 19.8 Å². The summed E-state index contributed by atoms with van der Waals surface area (Å²) in [6.45, 7) is 4.25. The van der Waals surface area contributed by atoms with Gasteiger partial charge in [-0.05, 0) is 24.1 Å². The maximum Gasteiger partial charge on any atom is 0.235 e. The van der Waals surface area contributed by atoms with Crippen molar-refractivity contribution in [3.63, 3.8) is 0 Å². The Balaban J connectivity index is 1.82. The molecule has 0 saturated carbocycles. The Kier molecular flexibility index (Phi) is 4.31. The van der Waals surface area contributed by atoms with E-state index in [2.05, 4.69) is 35.2 Å². The summed E-state index contributed by atoms with van der Waals surface area (Å²) in [4.78, 5) is 0.717. The highest BCUT2D eigenvalue weighted by Gasteiger charge is 2.19. The van der Waals surface area contributed by atoms with Crippen LogP contribution in [0.3, 0.4) is 0 Å². The quantitative estimate of drug-likeness (QED) is 0.525. The number of nitrogens with zero attached hydrogens (tertiary/aromatic N) is 6. The topological polar surface area (TPSA) is 79.4 Å². The third-order valence-corrected chi connectivity index (χ3v) is 5.23. The highest BCUT2D eigenvalue weighted by Crippen LogP contribution is 2.32. The lowest BCUT2D eigenvalue weighted by atomic mass is 10.1. The van der Waals surface area contributed by atoms with Crippen LogP contribution in [0.15, 0.2) is 24.3 Å². The Morgan fingerprint density at radius 1 is 0.963 bits per heavy atom. The number of hydrogen-bond acceptors (Lipinski definition) is 7. The molecule has 0 aliphatic rings. The zero-order valence-electron chi connectivity index (χ0n) is 15.8. The lowest BCUT2D eigenvalue weighted by Crippen LogP contribution is -1.97. The molecule has 4 rings (SSSR count). The van der Waals surface area contributed by atoms with Gasteiger partial charge in [-0.15, -0.1) is 10.2 Å². The Bertz CT molecular complexity index is 1090. The molecule has 3 heterocycles. The Hall–Kier alpha value is -2.94. The normalized spacial score (nSPS) is 11.5. The third-order valence-electron chi connectivity index (χ3n) is 4.31. The van der Waals surface area contributed by atoms with Crippen LogP contribution in [-0.4, -0.2) is 43.8 Å². The van der Waals surface area contributed by atoms with Gasteiger partial charge in [-0.3, -0.25) is 4.68 Å². The number of aryl methyl sites for hydroxylation is 1. The van der Waals surface area contributed by atoms with Gasteiger partial charge in [0.1, 0.15) is 11.5 Å². The van der Waals surface area contributed by atoms with Crippen molar-refractivity contribution in [1.29, 1.82) is 0 Å². The van der Waals surface area contributed by atoms with Crippen molar-refractivity contribution < 1.29 is 9.47 Å². The van der Waals surface area contributed by atoms with Gasteiger partial charge in [-0.1, -0.05) is 25.2 Å². The Morgan fingerprint density at radius 2 is 1.67 bits per heavy atom. The molecule has 0 aliphatic heterocycles. The van der Waals surface area contributed by atoms with Gasteiger partial charge in [0.15, 0.2) is 10.8 Å². The van der Waals surface area contributed by atoms with Gasteiger partial charge in [-0.25, -0.2) is 0 Å². The molecule has 1 aromatic carbocycles. The molecule has 8 nitrogen and oxygen atoms in total. The van der Waals surface area contributed by atoms with Crippen molar-refractivity contribution in [3.8, 4) is 33.6 Å². The summed E-state index contributed by atoms with van der Waals surface area (Å²) in [5.41, 5.74) is 2.82. The molecule has 140 valence electrons. The smallest absolute Gasteiger partial charge is 0.235 e. The summed E-state index contributed by atoms with van der Waals surface area (Å²) in [6.07, 6.45) is 0. The number of aromatic nitrogens is 6. The van der Waals surface area contributed by atoms with Crippen LogP contribution in [0.1, 0.15) is 25.5 Å². The maximum atomic E-state index is 5.36. The highest BCUT2D eigenvalue weighted by molar-refractivity contribution is 7.19. The summed E-state index contributed by atoms with van der Waals surface area (Å²) in [5.74, 6) is 2.36. The first kappa shape index (κ1) is 17.5. The van der Waals surface area contributed by atoms with Gasteiger partial charge >= 0.3 is 0 Å². The van der Waals surface area contributed by atoms with Gasteiger partial charge in [0.25, 0.3) is 0 Å². The fourth-order valence-corrected chi connectivity index (χ4v) is 3.70. The first-order valence-corrected chi connectivity index (χ1v) is 9.31. The lowest BCUT2D eigenvalue weighted by molar-refractivity contribution is 0.394. The molecule has 4 aromatic rings. The van der Waals surface area contributed by atoms with Gasteiger partial charge in [0, 0.05) is 18.7 Å². The third kappa shape index (κ3) is 3.03. The second-order valence-electron chi connectivity index (χ2n) is 6.46. The van der Waals surface area contributed by atoms with E-state index in [-0.39, 0.29) is 0 Å². The molecule has 3 aromatic heterocycles. The number of ether oxygens (including phenoxy) is 2. The van der Waals surface area contributed by atoms with E-state index in [0.717, 1.165) is 22.0 Å². The van der Waals surface area contributed by atoms with Crippen LogP contribution in [0.5, 0.6) is 11.5 Å². The van der Waals surface area contributed by atoms with Crippen LogP contribution in [0.2, 0.25) is 0 Å². The summed E-state index contributed by atoms with van der Waals surface area (Å²) in [5, 5.41) is 18.7. The highest BCUT2D eigenvalue weighted by atomic mass is 32.1. The molecule has 0 N–H and O–H groups in total. The summed E-state index contributed by atoms with van der Waals surface area (Å²) in [7, 11) is 5.17. The first-order valence-electron chi connectivity index (χ1n) is 8.50. The van der Waals surface area contributed by atoms with Crippen molar-refractivity contribution in [1.82, 2.24) is 29.6 Å². The molecule has 0 atom stereocenters. The predicted octanol–water partition coefficient (Wildman–Crippen LogP) is 3.39. The average Bonchev–Trinajstić information content (AvgIpc) is 3.34. The average molecular weight is 384 g/mol. The zero-order chi connectivity index (χ0) is 19.1. The molecular formula is C18H20N6O2S. The molecule has 0 saturated heterocycles. The van der Waals surface area contributed by atoms with Crippen molar-refractivity contribution in [3.05, 3.63) is 30.0 Å². The number of hydrogen-bond donors (Lipinski definition) is 0. The van der Waals surface area contributed by atoms with Gasteiger partial charge in [0.05, 0.1) is 25.6 Å². The molecule has 0 fully saturated rings. The molecule has 9 heteroatoms. The van der Waals surface area contributed by atoms with E-state index in [4.69, 9.17) is 14.6 Å². The van der Waals surface area contributed by atoms with Crippen molar-refractivity contribution >= 4 is 16.3 Å². The largest absolute Gasteiger partial charge is 0.497 e. The molecule has 0 unspecified atom stereocenters. The molecule has 0 radical (unpaired) electrons. The standard InChI is InChI=1S/C18H20N6O2S/c1-10(2)14-9-15(23(3)21-14)17-22-24-16(19-20-18(24)27-17)11-6-12(25-4)8-13(7-11)26-5/h6-10H,1-5H3. The van der Waals surface area contributed by atoms with Crippen LogP contribution in [0.4, 0.5) is 0 Å². The SMILES string of the molecule is COc1cc(OC)cc(-c2nnc3sc(-c4cc(C(C)C)nn4C)nn23)c1. The number of fused-ring (bicyclic) bond motifs is 1. The number of methoxy groups -OCH3 is 2. The Labute approximate surface area is 160 Å². The maximum absolute atomic E-state index is 5.36. The summed E-state index contributed by atoms with van der Waals surface area (Å²) >= 11 is 1.48. The van der Waals surface area contributed by atoms with Crippen LogP contribution >= 0.6 is 11.3 Å². The molecule has 0 spiro atoms. The minimum atomic E-state index is 0.357. The van der Waals surface area contributed by atoms with E-state index in [0.29, 0.717) is 28.2 Å². The lowest BCUT2D eigenvalue weighted by Gasteiger charge is -2.06. The van der Waals surface area contributed by atoms with Crippen LogP contribution in [0, 0.1) is 0 Å². The number of benzene rings is 1. The molecular weight excluding hydrogens is 364 g/mol. The van der Waals surface area contributed by atoms with Crippen molar-refractivity contribution in [2.24, 2.45) is 7.05 Å². The van der Waals surface area contributed by atoms with E-state index in [1.165, 1.54) is 11.3 Å². The van der Waals surface area contributed by atoms with Gasteiger partial charge in [-0.2, -0.15) is 14.7 Å². The second-order valence-corrected chi connectivity index (χ2v) is 7.42. The Morgan fingerprint density at radius 3 is 2.26 bits per heavy atom. The zero-order valence-corrected chi connectivity index (χ0v) is 16.6. The van der Waals surface area contributed by atoms with E-state index < -0.39 is 0 Å². The van der Waals surface area contributed by atoms with E-state index in [1.54, 1.807) is 18.7 Å². The molecule has 0 amide bonds. The van der Waals surface area contributed by atoms with Crippen molar-refractivity contribution in [2.75, 3.05) is 14.2 Å². The number of rotatable bonds is 5. The minimum absolute atomic E-state index is 0.357. The monoisotopic (exact) mass is 384 g/mol. The minimum Gasteiger partial charge on any atom is -0.497 e. The molecule has 0 bridgehead atoms. The van der Waals surface area contributed by atoms with E-state index in [9.17, 15) is 0 Å². The van der Waals surface area contributed by atoms with Crippen LogP contribution in [-0.2, 0) is 7.05 Å². The van der Waals surface area contributed by atoms with Gasteiger partial charge in [0.2, 0.25) is 4.96 Å². The molecule has 27 heavy (non-hydrogen) atoms. The predicted molar refractivity (Wildman–Crippen MR) is 103 cm³/mol. The van der Waals surface area contributed by atoms with E-state index in [1.807, 2.05) is 29.9 Å². The summed E-state index contributed by atoms with van der Waals surface area (Å²) < 4.78 is 14.3. The fourth-order valence-electron chi connectivity index (χ4n) is 2.81. The summed E-state index contributed by atoms with van der Waals surface area (Å²) in [6, 6.07) is 7.67.